The van der Waals surface area contributed by atoms with Crippen molar-refractivity contribution in [3.63, 3.8) is 0 Å². The van der Waals surface area contributed by atoms with Gasteiger partial charge in [0, 0.05) is 10.9 Å². The second-order valence-corrected chi connectivity index (χ2v) is 6.41. The Morgan fingerprint density at radius 3 is 2.57 bits per heavy atom. The molecule has 1 aliphatic rings. The molecular weight excluding hydrogens is 286 g/mol. The van der Waals surface area contributed by atoms with Crippen LogP contribution in [0.15, 0.2) is 35.2 Å². The first-order chi connectivity index (χ1) is 10.2. The van der Waals surface area contributed by atoms with E-state index in [0.717, 1.165) is 30.6 Å². The van der Waals surface area contributed by atoms with Crippen LogP contribution in [-0.4, -0.2) is 28.8 Å². The molecule has 114 valence electrons. The summed E-state index contributed by atoms with van der Waals surface area (Å²) in [6.45, 7) is 0. The van der Waals surface area contributed by atoms with Crippen molar-refractivity contribution < 1.29 is 14.7 Å². The average molecular weight is 307 g/mol. The van der Waals surface area contributed by atoms with Crippen molar-refractivity contribution in [1.82, 2.24) is 5.32 Å². The molecule has 21 heavy (non-hydrogen) atoms. The van der Waals surface area contributed by atoms with Crippen LogP contribution in [0.1, 0.15) is 32.1 Å². The lowest BCUT2D eigenvalue weighted by atomic mass is 9.95. The summed E-state index contributed by atoms with van der Waals surface area (Å²) in [4.78, 5) is 24.4. The van der Waals surface area contributed by atoms with Crippen LogP contribution in [0.4, 0.5) is 0 Å². The van der Waals surface area contributed by atoms with Gasteiger partial charge in [-0.2, -0.15) is 0 Å². The number of hydrogen-bond donors (Lipinski definition) is 2. The van der Waals surface area contributed by atoms with Crippen molar-refractivity contribution in [3.8, 4) is 0 Å². The van der Waals surface area contributed by atoms with Gasteiger partial charge in [-0.1, -0.05) is 37.5 Å². The summed E-state index contributed by atoms with van der Waals surface area (Å²) in [5.74, 6) is -0.995. The number of rotatable bonds is 5. The molecule has 4 nitrogen and oxygen atoms in total. The number of nitrogens with one attached hydrogen (secondary N) is 1. The van der Waals surface area contributed by atoms with Crippen LogP contribution in [0, 0.1) is 5.92 Å². The zero-order valence-corrected chi connectivity index (χ0v) is 12.8. The Kier molecular flexibility index (Phi) is 6.11. The Bertz CT molecular complexity index is 478. The Balaban J connectivity index is 1.86. The lowest BCUT2D eigenvalue weighted by molar-refractivity contribution is -0.143. The second kappa shape index (κ2) is 8.08. The van der Waals surface area contributed by atoms with Crippen LogP contribution in [0.2, 0.25) is 0 Å². The number of carboxylic acids is 1. The van der Waals surface area contributed by atoms with E-state index in [1.165, 1.54) is 11.8 Å². The van der Waals surface area contributed by atoms with Gasteiger partial charge < -0.3 is 10.4 Å². The highest BCUT2D eigenvalue weighted by atomic mass is 32.2. The fourth-order valence-corrected chi connectivity index (χ4v) is 3.42. The maximum absolute atomic E-state index is 12.0. The third-order valence-corrected chi connectivity index (χ3v) is 4.80. The molecule has 0 heterocycles. The number of amides is 1. The molecule has 1 aliphatic carbocycles. The van der Waals surface area contributed by atoms with Crippen molar-refractivity contribution in [1.29, 1.82) is 0 Å². The van der Waals surface area contributed by atoms with E-state index in [0.29, 0.717) is 12.2 Å². The number of carbonyl (C=O) groups excluding carboxylic acids is 1. The predicted octanol–water partition coefficient (Wildman–Crippen LogP) is 2.93. The van der Waals surface area contributed by atoms with E-state index in [1.807, 2.05) is 30.3 Å². The minimum atomic E-state index is -0.794. The van der Waals surface area contributed by atoms with Crippen molar-refractivity contribution in [2.75, 3.05) is 5.75 Å². The van der Waals surface area contributed by atoms with Crippen molar-refractivity contribution in [2.45, 2.75) is 43.0 Å². The average Bonchev–Trinajstić information content (AvgIpc) is 2.72. The van der Waals surface area contributed by atoms with Gasteiger partial charge in [-0.25, -0.2) is 0 Å². The minimum absolute atomic E-state index is 0.0815. The standard InChI is InChI=1S/C16H21NO3S/c18-15(11-21-12-7-3-1-4-8-12)17-14-10-6-2-5-9-13(14)16(19)20/h1,3-4,7-8,13-14H,2,5-6,9-11H2,(H,17,18)(H,19,20). The van der Waals surface area contributed by atoms with Crippen LogP contribution in [0.25, 0.3) is 0 Å². The number of aliphatic carboxylic acids is 1. The van der Waals surface area contributed by atoms with Gasteiger partial charge in [0.2, 0.25) is 5.91 Å². The molecule has 5 heteroatoms. The fourth-order valence-electron chi connectivity index (χ4n) is 2.69. The molecular formula is C16H21NO3S. The first-order valence-electron chi connectivity index (χ1n) is 7.37. The molecule has 1 fully saturated rings. The molecule has 2 rings (SSSR count). The number of hydrogen-bond acceptors (Lipinski definition) is 3. The molecule has 0 radical (unpaired) electrons. The predicted molar refractivity (Wildman–Crippen MR) is 83.3 cm³/mol. The summed E-state index contributed by atoms with van der Waals surface area (Å²) in [5.41, 5.74) is 0. The molecule has 1 amide bonds. The molecule has 0 saturated heterocycles. The van der Waals surface area contributed by atoms with Gasteiger partial charge in [-0.3, -0.25) is 9.59 Å². The number of thioether (sulfide) groups is 1. The summed E-state index contributed by atoms with van der Waals surface area (Å²) in [5, 5.41) is 12.2. The minimum Gasteiger partial charge on any atom is -0.481 e. The van der Waals surface area contributed by atoms with Gasteiger partial charge >= 0.3 is 5.97 Å². The first kappa shape index (κ1) is 15.9. The second-order valence-electron chi connectivity index (χ2n) is 5.36. The maximum atomic E-state index is 12.0. The van der Waals surface area contributed by atoms with E-state index >= 15 is 0 Å². The molecule has 0 bridgehead atoms. The number of carbonyl (C=O) groups is 2. The van der Waals surface area contributed by atoms with Gasteiger partial charge in [0.05, 0.1) is 11.7 Å². The lowest BCUT2D eigenvalue weighted by Gasteiger charge is -2.22. The highest BCUT2D eigenvalue weighted by Gasteiger charge is 2.30. The van der Waals surface area contributed by atoms with E-state index in [4.69, 9.17) is 0 Å². The first-order valence-corrected chi connectivity index (χ1v) is 8.35. The van der Waals surface area contributed by atoms with E-state index in [1.54, 1.807) is 0 Å². The van der Waals surface area contributed by atoms with Crippen LogP contribution in [0.5, 0.6) is 0 Å². The van der Waals surface area contributed by atoms with Gasteiger partial charge in [-0.05, 0) is 25.0 Å². The van der Waals surface area contributed by atoms with Gasteiger partial charge in [0.25, 0.3) is 0 Å². The molecule has 0 spiro atoms. The Morgan fingerprint density at radius 2 is 1.86 bits per heavy atom. The quantitative estimate of drug-likeness (QED) is 0.648. The van der Waals surface area contributed by atoms with Crippen LogP contribution in [-0.2, 0) is 9.59 Å². The van der Waals surface area contributed by atoms with Crippen molar-refractivity contribution in [3.05, 3.63) is 30.3 Å². The van der Waals surface area contributed by atoms with Crippen LogP contribution in [0.3, 0.4) is 0 Å². The monoisotopic (exact) mass is 307 g/mol. The SMILES string of the molecule is O=C(CSc1ccccc1)NC1CCCCCC1C(=O)O. The van der Waals surface area contributed by atoms with Crippen molar-refractivity contribution in [2.24, 2.45) is 5.92 Å². The third kappa shape index (κ3) is 5.08. The highest BCUT2D eigenvalue weighted by Crippen LogP contribution is 2.24. The molecule has 2 atom stereocenters. The molecule has 1 aromatic rings. The topological polar surface area (TPSA) is 66.4 Å². The molecule has 0 aliphatic heterocycles. The number of benzene rings is 1. The van der Waals surface area contributed by atoms with E-state index < -0.39 is 11.9 Å². The molecule has 1 aromatic carbocycles. The van der Waals surface area contributed by atoms with E-state index in [2.05, 4.69) is 5.32 Å². The highest BCUT2D eigenvalue weighted by molar-refractivity contribution is 8.00. The third-order valence-electron chi connectivity index (χ3n) is 3.79. The van der Waals surface area contributed by atoms with Gasteiger partial charge in [0.15, 0.2) is 0 Å². The van der Waals surface area contributed by atoms with Crippen LogP contribution < -0.4 is 5.32 Å². The summed E-state index contributed by atoms with van der Waals surface area (Å²) in [7, 11) is 0. The Labute approximate surface area is 129 Å². The van der Waals surface area contributed by atoms with Gasteiger partial charge in [0.1, 0.15) is 0 Å². The zero-order chi connectivity index (χ0) is 15.1. The summed E-state index contributed by atoms with van der Waals surface area (Å²) in [6, 6.07) is 9.51. The molecule has 1 saturated carbocycles. The summed E-state index contributed by atoms with van der Waals surface area (Å²) in [6.07, 6.45) is 4.39. The Hall–Kier alpha value is -1.49. The molecule has 2 N–H and O–H groups in total. The fraction of sp³-hybridized carbons (Fsp3) is 0.500. The zero-order valence-electron chi connectivity index (χ0n) is 12.0. The van der Waals surface area contributed by atoms with Crippen molar-refractivity contribution >= 4 is 23.6 Å². The maximum Gasteiger partial charge on any atom is 0.308 e. The van der Waals surface area contributed by atoms with Gasteiger partial charge in [-0.15, -0.1) is 11.8 Å². The Morgan fingerprint density at radius 1 is 1.14 bits per heavy atom. The van der Waals surface area contributed by atoms with Crippen LogP contribution >= 0.6 is 11.8 Å². The molecule has 0 aromatic heterocycles. The largest absolute Gasteiger partial charge is 0.481 e. The molecule has 2 unspecified atom stereocenters. The summed E-state index contributed by atoms with van der Waals surface area (Å²) >= 11 is 1.47. The summed E-state index contributed by atoms with van der Waals surface area (Å²) < 4.78 is 0. The van der Waals surface area contributed by atoms with E-state index in [9.17, 15) is 14.7 Å². The normalized spacial score (nSPS) is 22.3. The lowest BCUT2D eigenvalue weighted by Crippen LogP contribution is -2.43. The number of carboxylic acid groups (broad SMARTS) is 1. The van der Waals surface area contributed by atoms with E-state index in [-0.39, 0.29) is 11.9 Å². The smallest absolute Gasteiger partial charge is 0.308 e.